The average Bonchev–Trinajstić information content (AvgIpc) is 2.88. The molecule has 0 radical (unpaired) electrons. The summed E-state index contributed by atoms with van der Waals surface area (Å²) in [5.41, 5.74) is 10.5. The van der Waals surface area contributed by atoms with Crippen molar-refractivity contribution >= 4 is 11.3 Å². The zero-order chi connectivity index (χ0) is 13.4. The average molecular weight is 253 g/mol. The van der Waals surface area contributed by atoms with Gasteiger partial charge in [0, 0.05) is 17.5 Å². The third kappa shape index (κ3) is 1.91. The first-order chi connectivity index (χ1) is 9.19. The van der Waals surface area contributed by atoms with E-state index in [1.807, 2.05) is 53.9 Å². The third-order valence-corrected chi connectivity index (χ3v) is 3.29. The Bertz CT molecular complexity index is 746. The lowest BCUT2D eigenvalue weighted by molar-refractivity contribution is 0.415. The van der Waals surface area contributed by atoms with Crippen LogP contribution in [0, 0.1) is 6.92 Å². The molecular formula is C15H15N3O. The van der Waals surface area contributed by atoms with Crippen molar-refractivity contribution in [1.29, 1.82) is 0 Å². The van der Waals surface area contributed by atoms with Crippen molar-refractivity contribution in [2.24, 2.45) is 0 Å². The summed E-state index contributed by atoms with van der Waals surface area (Å²) in [6.45, 7) is 1.99. The Labute approximate surface area is 111 Å². The summed E-state index contributed by atoms with van der Waals surface area (Å²) in [7, 11) is 1.66. The zero-order valence-corrected chi connectivity index (χ0v) is 10.9. The number of nitrogens with zero attached hydrogens (tertiary/aromatic N) is 2. The monoisotopic (exact) mass is 253 g/mol. The summed E-state index contributed by atoms with van der Waals surface area (Å²) >= 11 is 0. The Morgan fingerprint density at radius 1 is 1.21 bits per heavy atom. The van der Waals surface area contributed by atoms with Crippen LogP contribution in [0.15, 0.2) is 42.6 Å². The smallest absolute Gasteiger partial charge is 0.137 e. The van der Waals surface area contributed by atoms with Crippen molar-refractivity contribution in [3.05, 3.63) is 48.3 Å². The predicted octanol–water partition coefficient (Wildman–Crippen LogP) is 2.90. The molecule has 0 saturated heterocycles. The number of nitrogens with two attached hydrogens (primary N) is 1. The number of aryl methyl sites for hydroxylation is 1. The number of aromatic nitrogens is 2. The number of benzene rings is 1. The molecule has 4 heteroatoms. The van der Waals surface area contributed by atoms with Crippen LogP contribution in [-0.4, -0.2) is 16.5 Å². The van der Waals surface area contributed by atoms with Gasteiger partial charge in [-0.15, -0.1) is 0 Å². The highest BCUT2D eigenvalue weighted by atomic mass is 16.5. The standard InChI is InChI=1S/C15H15N3O/c1-10-13(16)6-7-15-17-14(9-18(10)15)11-4-3-5-12(8-11)19-2/h3-9H,16H2,1-2H3. The van der Waals surface area contributed by atoms with E-state index in [9.17, 15) is 0 Å². The lowest BCUT2D eigenvalue weighted by Gasteiger charge is -2.02. The molecule has 0 fully saturated rings. The molecule has 1 aromatic carbocycles. The van der Waals surface area contributed by atoms with E-state index in [0.29, 0.717) is 0 Å². The van der Waals surface area contributed by atoms with Crippen LogP contribution < -0.4 is 10.5 Å². The molecular weight excluding hydrogens is 238 g/mol. The van der Waals surface area contributed by atoms with Gasteiger partial charge < -0.3 is 14.9 Å². The van der Waals surface area contributed by atoms with Gasteiger partial charge in [0.1, 0.15) is 11.4 Å². The summed E-state index contributed by atoms with van der Waals surface area (Å²) in [4.78, 5) is 4.61. The van der Waals surface area contributed by atoms with E-state index < -0.39 is 0 Å². The second-order valence-corrected chi connectivity index (χ2v) is 4.46. The van der Waals surface area contributed by atoms with Crippen LogP contribution in [0.3, 0.4) is 0 Å². The summed E-state index contributed by atoms with van der Waals surface area (Å²) < 4.78 is 7.24. The van der Waals surface area contributed by atoms with Crippen LogP contribution >= 0.6 is 0 Å². The highest BCUT2D eigenvalue weighted by Gasteiger charge is 2.07. The molecule has 2 heterocycles. The molecule has 0 aliphatic carbocycles. The molecule has 0 unspecified atom stereocenters. The second-order valence-electron chi connectivity index (χ2n) is 4.46. The molecule has 0 bridgehead atoms. The maximum absolute atomic E-state index is 5.91. The maximum Gasteiger partial charge on any atom is 0.137 e. The first kappa shape index (κ1) is 11.6. The number of hydrogen-bond acceptors (Lipinski definition) is 3. The highest BCUT2D eigenvalue weighted by molar-refractivity contribution is 5.65. The molecule has 0 spiro atoms. The fourth-order valence-electron chi connectivity index (χ4n) is 2.13. The predicted molar refractivity (Wildman–Crippen MR) is 76.3 cm³/mol. The molecule has 19 heavy (non-hydrogen) atoms. The van der Waals surface area contributed by atoms with Crippen LogP contribution in [-0.2, 0) is 0 Å². The van der Waals surface area contributed by atoms with Crippen LogP contribution in [0.4, 0.5) is 5.69 Å². The molecule has 0 saturated carbocycles. The van der Waals surface area contributed by atoms with E-state index in [-0.39, 0.29) is 0 Å². The summed E-state index contributed by atoms with van der Waals surface area (Å²) in [6, 6.07) is 11.7. The largest absolute Gasteiger partial charge is 0.497 e. The quantitative estimate of drug-likeness (QED) is 0.764. The number of anilines is 1. The highest BCUT2D eigenvalue weighted by Crippen LogP contribution is 2.25. The van der Waals surface area contributed by atoms with Gasteiger partial charge in [0.2, 0.25) is 0 Å². The molecule has 0 aliphatic heterocycles. The molecule has 0 atom stereocenters. The molecule has 3 rings (SSSR count). The van der Waals surface area contributed by atoms with Gasteiger partial charge in [-0.1, -0.05) is 12.1 Å². The molecule has 3 aromatic rings. The van der Waals surface area contributed by atoms with Crippen LogP contribution in [0.5, 0.6) is 5.75 Å². The van der Waals surface area contributed by atoms with Gasteiger partial charge in [0.15, 0.2) is 0 Å². The lowest BCUT2D eigenvalue weighted by Crippen LogP contribution is -1.96. The first-order valence-electron chi connectivity index (χ1n) is 6.07. The summed E-state index contributed by atoms with van der Waals surface area (Å²) in [5.74, 6) is 0.825. The molecule has 0 aliphatic rings. The van der Waals surface area contributed by atoms with Gasteiger partial charge in [0.05, 0.1) is 18.5 Å². The van der Waals surface area contributed by atoms with Crippen molar-refractivity contribution in [2.75, 3.05) is 12.8 Å². The second kappa shape index (κ2) is 4.31. The van der Waals surface area contributed by atoms with Crippen LogP contribution in [0.2, 0.25) is 0 Å². The number of imidazole rings is 1. The summed E-state index contributed by atoms with van der Waals surface area (Å²) in [6.07, 6.45) is 2.00. The van der Waals surface area contributed by atoms with Crippen molar-refractivity contribution in [1.82, 2.24) is 9.38 Å². The molecule has 2 N–H and O–H groups in total. The van der Waals surface area contributed by atoms with Crippen molar-refractivity contribution in [3.63, 3.8) is 0 Å². The maximum atomic E-state index is 5.91. The Morgan fingerprint density at radius 2 is 2.05 bits per heavy atom. The topological polar surface area (TPSA) is 52.5 Å². The van der Waals surface area contributed by atoms with Crippen molar-refractivity contribution < 1.29 is 4.74 Å². The normalized spacial score (nSPS) is 10.8. The molecule has 0 amide bonds. The van der Waals surface area contributed by atoms with Crippen molar-refractivity contribution in [2.45, 2.75) is 6.92 Å². The number of methoxy groups -OCH3 is 1. The van der Waals surface area contributed by atoms with Crippen LogP contribution in [0.25, 0.3) is 16.9 Å². The minimum absolute atomic E-state index is 0.766. The fraction of sp³-hybridized carbons (Fsp3) is 0.133. The van der Waals surface area contributed by atoms with E-state index in [4.69, 9.17) is 10.5 Å². The van der Waals surface area contributed by atoms with Gasteiger partial charge >= 0.3 is 0 Å². The number of fused-ring (bicyclic) bond motifs is 1. The van der Waals surface area contributed by atoms with Crippen molar-refractivity contribution in [3.8, 4) is 17.0 Å². The Morgan fingerprint density at radius 3 is 2.84 bits per heavy atom. The number of ether oxygens (including phenoxy) is 1. The lowest BCUT2D eigenvalue weighted by atomic mass is 10.1. The minimum Gasteiger partial charge on any atom is -0.497 e. The van der Waals surface area contributed by atoms with E-state index in [1.54, 1.807) is 7.11 Å². The van der Waals surface area contributed by atoms with Gasteiger partial charge in [-0.05, 0) is 31.2 Å². The number of rotatable bonds is 2. The Hall–Kier alpha value is -2.49. The third-order valence-electron chi connectivity index (χ3n) is 3.29. The first-order valence-corrected chi connectivity index (χ1v) is 6.07. The summed E-state index contributed by atoms with van der Waals surface area (Å²) in [5, 5.41) is 0. The van der Waals surface area contributed by atoms with E-state index in [2.05, 4.69) is 4.98 Å². The zero-order valence-electron chi connectivity index (χ0n) is 10.9. The van der Waals surface area contributed by atoms with Gasteiger partial charge in [-0.3, -0.25) is 0 Å². The van der Waals surface area contributed by atoms with E-state index in [0.717, 1.165) is 34.0 Å². The van der Waals surface area contributed by atoms with Gasteiger partial charge in [-0.2, -0.15) is 0 Å². The fourth-order valence-corrected chi connectivity index (χ4v) is 2.13. The minimum atomic E-state index is 0.766. The number of hydrogen-bond donors (Lipinski definition) is 1. The number of nitrogen functional groups attached to an aromatic ring is 1. The molecule has 2 aromatic heterocycles. The number of pyridine rings is 1. The molecule has 96 valence electrons. The Balaban J connectivity index is 2.17. The van der Waals surface area contributed by atoms with E-state index in [1.165, 1.54) is 0 Å². The molecule has 4 nitrogen and oxygen atoms in total. The Kier molecular flexibility index (Phi) is 2.63. The van der Waals surface area contributed by atoms with Gasteiger partial charge in [0.25, 0.3) is 0 Å². The van der Waals surface area contributed by atoms with Gasteiger partial charge in [-0.25, -0.2) is 4.98 Å². The SMILES string of the molecule is COc1cccc(-c2cn3c(C)c(N)ccc3n2)c1. The van der Waals surface area contributed by atoms with Crippen LogP contribution in [0.1, 0.15) is 5.69 Å². The van der Waals surface area contributed by atoms with E-state index >= 15 is 0 Å².